The molecule has 0 atom stereocenters. The van der Waals surface area contributed by atoms with Crippen LogP contribution in [-0.2, 0) is 6.54 Å². The fourth-order valence-corrected chi connectivity index (χ4v) is 3.36. The van der Waals surface area contributed by atoms with E-state index in [0.717, 1.165) is 52.9 Å². The molecule has 2 N–H and O–H groups in total. The van der Waals surface area contributed by atoms with Gasteiger partial charge in [0.2, 0.25) is 0 Å². The maximum absolute atomic E-state index is 12.1. The van der Waals surface area contributed by atoms with Gasteiger partial charge in [-0.3, -0.25) is 4.79 Å². The van der Waals surface area contributed by atoms with Crippen molar-refractivity contribution in [1.29, 1.82) is 0 Å². The molecule has 3 rings (SSSR count). The summed E-state index contributed by atoms with van der Waals surface area (Å²) >= 11 is 0. The van der Waals surface area contributed by atoms with Crippen LogP contribution >= 0.6 is 0 Å². The Balaban J connectivity index is 2.22. The molecule has 4 nitrogen and oxygen atoms in total. The number of nitrogens with zero attached hydrogens (tertiary/aromatic N) is 2. The van der Waals surface area contributed by atoms with Crippen molar-refractivity contribution in [2.24, 2.45) is 5.73 Å². The zero-order chi connectivity index (χ0) is 17.3. The molecule has 2 heterocycles. The Morgan fingerprint density at radius 2 is 1.88 bits per heavy atom. The van der Waals surface area contributed by atoms with Gasteiger partial charge in [-0.2, -0.15) is 0 Å². The molecule has 0 radical (unpaired) electrons. The molecule has 0 saturated carbocycles. The van der Waals surface area contributed by atoms with E-state index in [1.54, 1.807) is 0 Å². The van der Waals surface area contributed by atoms with Crippen LogP contribution in [-0.4, -0.2) is 15.5 Å². The lowest BCUT2D eigenvalue weighted by Gasteiger charge is -2.09. The number of carbonyl (C=O) groups excluding carboxylic acids is 1. The molecule has 1 amide bonds. The van der Waals surface area contributed by atoms with Gasteiger partial charge in [0.25, 0.3) is 5.91 Å². The Kier molecular flexibility index (Phi) is 4.38. The second kappa shape index (κ2) is 6.48. The molecule has 1 aromatic carbocycles. The molecule has 2 aromatic heterocycles. The maximum Gasteiger partial charge on any atom is 0.251 e. The van der Waals surface area contributed by atoms with Crippen LogP contribution in [0.3, 0.4) is 0 Å². The Bertz CT molecular complexity index is 909. The summed E-state index contributed by atoms with van der Waals surface area (Å²) in [6.45, 7) is 7.06. The molecule has 3 aromatic rings. The number of hydrogen-bond acceptors (Lipinski definition) is 2. The summed E-state index contributed by atoms with van der Waals surface area (Å²) in [5.74, 6) is -0.393. The first-order valence-corrected chi connectivity index (χ1v) is 8.40. The zero-order valence-electron chi connectivity index (χ0n) is 14.5. The van der Waals surface area contributed by atoms with Crippen LogP contribution in [0.4, 0.5) is 0 Å². The van der Waals surface area contributed by atoms with Crippen molar-refractivity contribution in [3.8, 4) is 11.3 Å². The van der Waals surface area contributed by atoms with E-state index in [1.165, 1.54) is 0 Å². The summed E-state index contributed by atoms with van der Waals surface area (Å²) < 4.78 is 2.19. The minimum absolute atomic E-state index is 0.393. The third kappa shape index (κ3) is 2.68. The van der Waals surface area contributed by atoms with E-state index in [4.69, 9.17) is 10.7 Å². The number of aromatic nitrogens is 2. The zero-order valence-corrected chi connectivity index (χ0v) is 14.5. The smallest absolute Gasteiger partial charge is 0.251 e. The highest BCUT2D eigenvalue weighted by molar-refractivity contribution is 6.02. The van der Waals surface area contributed by atoms with E-state index in [-0.39, 0.29) is 0 Å². The molecular weight excluding hydrogens is 298 g/mol. The lowest BCUT2D eigenvalue weighted by molar-refractivity contribution is 0.1000. The van der Waals surface area contributed by atoms with E-state index < -0.39 is 5.91 Å². The second-order valence-corrected chi connectivity index (χ2v) is 6.18. The topological polar surface area (TPSA) is 60.9 Å². The van der Waals surface area contributed by atoms with Crippen molar-refractivity contribution in [3.63, 3.8) is 0 Å². The van der Waals surface area contributed by atoms with E-state index in [1.807, 2.05) is 50.2 Å². The lowest BCUT2D eigenvalue weighted by atomic mass is 10.0. The third-order valence-electron chi connectivity index (χ3n) is 4.62. The number of para-hydroxylation sites is 1. The molecule has 0 fully saturated rings. The quantitative estimate of drug-likeness (QED) is 0.765. The van der Waals surface area contributed by atoms with Crippen LogP contribution in [0.5, 0.6) is 0 Å². The van der Waals surface area contributed by atoms with Crippen molar-refractivity contribution >= 4 is 16.8 Å². The first-order valence-electron chi connectivity index (χ1n) is 8.40. The highest BCUT2D eigenvalue weighted by atomic mass is 16.1. The minimum Gasteiger partial charge on any atom is -0.366 e. The van der Waals surface area contributed by atoms with E-state index in [0.29, 0.717) is 5.56 Å². The second-order valence-electron chi connectivity index (χ2n) is 6.18. The van der Waals surface area contributed by atoms with Gasteiger partial charge in [-0.25, -0.2) is 4.98 Å². The van der Waals surface area contributed by atoms with Crippen molar-refractivity contribution in [2.45, 2.75) is 40.2 Å². The first-order chi connectivity index (χ1) is 11.5. The van der Waals surface area contributed by atoms with Crippen LogP contribution < -0.4 is 5.73 Å². The summed E-state index contributed by atoms with van der Waals surface area (Å²) in [4.78, 5) is 16.9. The van der Waals surface area contributed by atoms with Gasteiger partial charge in [0.05, 0.1) is 16.8 Å². The SMILES string of the molecule is CCCCn1c(C)c(C(N)=O)c(-c2ccc3ccccc3n2)c1C. The van der Waals surface area contributed by atoms with Crippen molar-refractivity contribution < 1.29 is 4.79 Å². The van der Waals surface area contributed by atoms with Crippen LogP contribution in [0.2, 0.25) is 0 Å². The summed E-state index contributed by atoms with van der Waals surface area (Å²) in [6.07, 6.45) is 2.17. The molecule has 0 spiro atoms. The monoisotopic (exact) mass is 321 g/mol. The fraction of sp³-hybridized carbons (Fsp3) is 0.300. The summed E-state index contributed by atoms with van der Waals surface area (Å²) in [7, 11) is 0. The fourth-order valence-electron chi connectivity index (χ4n) is 3.36. The molecule has 0 aliphatic rings. The van der Waals surface area contributed by atoms with Gasteiger partial charge < -0.3 is 10.3 Å². The van der Waals surface area contributed by atoms with Crippen LogP contribution in [0.25, 0.3) is 22.2 Å². The van der Waals surface area contributed by atoms with Crippen molar-refractivity contribution in [3.05, 3.63) is 53.3 Å². The van der Waals surface area contributed by atoms with E-state index in [2.05, 4.69) is 11.5 Å². The Morgan fingerprint density at radius 3 is 2.58 bits per heavy atom. The molecular formula is C20H23N3O. The molecule has 124 valence electrons. The lowest BCUT2D eigenvalue weighted by Crippen LogP contribution is -2.13. The number of primary amides is 1. The number of benzene rings is 1. The predicted octanol–water partition coefficient (Wildman–Crippen LogP) is 4.22. The standard InChI is InChI=1S/C20H23N3O/c1-4-5-12-23-13(2)18(19(14(23)3)20(21)24)17-11-10-15-8-6-7-9-16(15)22-17/h6-11H,4-5,12H2,1-3H3,(H2,21,24). The van der Waals surface area contributed by atoms with Crippen molar-refractivity contribution in [2.75, 3.05) is 0 Å². The highest BCUT2D eigenvalue weighted by Crippen LogP contribution is 2.32. The number of fused-ring (bicyclic) bond motifs is 1. The van der Waals surface area contributed by atoms with Gasteiger partial charge in [0.15, 0.2) is 0 Å². The highest BCUT2D eigenvalue weighted by Gasteiger charge is 2.23. The van der Waals surface area contributed by atoms with E-state index >= 15 is 0 Å². The summed E-state index contributed by atoms with van der Waals surface area (Å²) in [5.41, 5.74) is 10.9. The summed E-state index contributed by atoms with van der Waals surface area (Å²) in [5, 5.41) is 1.08. The molecule has 0 unspecified atom stereocenters. The van der Waals surface area contributed by atoms with Gasteiger partial charge in [-0.15, -0.1) is 0 Å². The Morgan fingerprint density at radius 1 is 1.12 bits per heavy atom. The number of rotatable bonds is 5. The van der Waals surface area contributed by atoms with E-state index in [9.17, 15) is 4.79 Å². The van der Waals surface area contributed by atoms with Gasteiger partial charge in [0, 0.05) is 28.9 Å². The average Bonchev–Trinajstić information content (AvgIpc) is 2.83. The largest absolute Gasteiger partial charge is 0.366 e. The van der Waals surface area contributed by atoms with Crippen molar-refractivity contribution in [1.82, 2.24) is 9.55 Å². The maximum atomic E-state index is 12.1. The normalized spacial score (nSPS) is 11.1. The molecule has 0 bridgehead atoms. The van der Waals surface area contributed by atoms with Gasteiger partial charge in [-0.1, -0.05) is 37.6 Å². The predicted molar refractivity (Wildman–Crippen MR) is 98.1 cm³/mol. The molecule has 4 heteroatoms. The Labute approximate surface area is 142 Å². The minimum atomic E-state index is -0.393. The average molecular weight is 321 g/mol. The third-order valence-corrected chi connectivity index (χ3v) is 4.62. The van der Waals surface area contributed by atoms with Crippen LogP contribution in [0.1, 0.15) is 41.5 Å². The van der Waals surface area contributed by atoms with Gasteiger partial charge in [-0.05, 0) is 32.4 Å². The number of nitrogens with two attached hydrogens (primary N) is 1. The molecule has 0 aliphatic heterocycles. The Hall–Kier alpha value is -2.62. The number of unbranched alkanes of at least 4 members (excludes halogenated alkanes) is 1. The first kappa shape index (κ1) is 16.2. The number of pyridine rings is 1. The van der Waals surface area contributed by atoms with Crippen LogP contribution in [0, 0.1) is 13.8 Å². The molecule has 0 aliphatic carbocycles. The molecule has 24 heavy (non-hydrogen) atoms. The molecule has 0 saturated heterocycles. The van der Waals surface area contributed by atoms with Gasteiger partial charge in [0.1, 0.15) is 0 Å². The van der Waals surface area contributed by atoms with Crippen LogP contribution in [0.15, 0.2) is 36.4 Å². The number of amides is 1. The number of hydrogen-bond donors (Lipinski definition) is 1. The summed E-state index contributed by atoms with van der Waals surface area (Å²) in [6, 6.07) is 12.0. The number of carbonyl (C=O) groups is 1. The van der Waals surface area contributed by atoms with Gasteiger partial charge >= 0.3 is 0 Å².